The van der Waals surface area contributed by atoms with E-state index in [1.165, 1.54) is 0 Å². The molecule has 19 heavy (non-hydrogen) atoms. The molecular weight excluding hydrogens is 238 g/mol. The monoisotopic (exact) mass is 255 g/mol. The molecule has 0 saturated carbocycles. The van der Waals surface area contributed by atoms with E-state index in [0.717, 1.165) is 27.9 Å². The van der Waals surface area contributed by atoms with Crippen molar-refractivity contribution in [1.29, 1.82) is 0 Å². The number of para-hydroxylation sites is 1. The van der Waals surface area contributed by atoms with Gasteiger partial charge in [-0.25, -0.2) is 4.98 Å². The summed E-state index contributed by atoms with van der Waals surface area (Å²) in [5.74, 6) is 0.549. The normalized spacial score (nSPS) is 11.3. The highest BCUT2D eigenvalue weighted by molar-refractivity contribution is 5.81. The molecule has 3 aromatic rings. The van der Waals surface area contributed by atoms with Gasteiger partial charge < -0.3 is 10.3 Å². The fraction of sp³-hybridized carbons (Fsp3) is 0.286. The lowest BCUT2D eigenvalue weighted by molar-refractivity contribution is 0.756. The zero-order chi connectivity index (χ0) is 13.6. The average Bonchev–Trinajstić information content (AvgIpc) is 2.83. The highest BCUT2D eigenvalue weighted by atomic mass is 15.3. The first-order valence-corrected chi connectivity index (χ1v) is 6.26. The van der Waals surface area contributed by atoms with Gasteiger partial charge in [0.05, 0.1) is 23.3 Å². The summed E-state index contributed by atoms with van der Waals surface area (Å²) in [5, 5.41) is 4.36. The predicted octanol–water partition coefficient (Wildman–Crippen LogP) is 2.02. The number of hydrogen-bond donors (Lipinski definition) is 1. The van der Waals surface area contributed by atoms with Crippen molar-refractivity contribution in [1.82, 2.24) is 19.3 Å². The number of nitrogen functional groups attached to an aromatic ring is 1. The van der Waals surface area contributed by atoms with E-state index in [1.54, 1.807) is 0 Å². The van der Waals surface area contributed by atoms with Crippen molar-refractivity contribution in [2.24, 2.45) is 7.05 Å². The number of aryl methyl sites for hydroxylation is 3. The van der Waals surface area contributed by atoms with Crippen LogP contribution in [0.3, 0.4) is 0 Å². The SMILES string of the molecule is Cc1nn(C)cc1Cn1c(N)nc2c(C)cccc21. The number of anilines is 1. The molecular formula is C14H17N5. The fourth-order valence-electron chi connectivity index (χ4n) is 2.45. The van der Waals surface area contributed by atoms with Crippen molar-refractivity contribution in [3.05, 3.63) is 41.2 Å². The Bertz CT molecular complexity index is 751. The molecule has 0 aliphatic carbocycles. The van der Waals surface area contributed by atoms with Crippen LogP contribution in [0.1, 0.15) is 16.8 Å². The fourth-order valence-corrected chi connectivity index (χ4v) is 2.45. The van der Waals surface area contributed by atoms with Gasteiger partial charge in [-0.15, -0.1) is 0 Å². The van der Waals surface area contributed by atoms with Gasteiger partial charge in [-0.3, -0.25) is 4.68 Å². The molecule has 5 nitrogen and oxygen atoms in total. The minimum Gasteiger partial charge on any atom is -0.369 e. The van der Waals surface area contributed by atoms with E-state index in [9.17, 15) is 0 Å². The Balaban J connectivity index is 2.13. The van der Waals surface area contributed by atoms with Gasteiger partial charge in [0.2, 0.25) is 5.95 Å². The van der Waals surface area contributed by atoms with Gasteiger partial charge in [-0.1, -0.05) is 12.1 Å². The Morgan fingerprint density at radius 1 is 1.26 bits per heavy atom. The first-order chi connectivity index (χ1) is 9.06. The molecule has 98 valence electrons. The molecule has 1 aromatic carbocycles. The average molecular weight is 255 g/mol. The zero-order valence-corrected chi connectivity index (χ0v) is 11.4. The van der Waals surface area contributed by atoms with Crippen LogP contribution >= 0.6 is 0 Å². The van der Waals surface area contributed by atoms with E-state index in [0.29, 0.717) is 12.5 Å². The van der Waals surface area contributed by atoms with E-state index in [1.807, 2.05) is 35.5 Å². The summed E-state index contributed by atoms with van der Waals surface area (Å²) in [6.07, 6.45) is 2.02. The van der Waals surface area contributed by atoms with Crippen LogP contribution in [0, 0.1) is 13.8 Å². The van der Waals surface area contributed by atoms with Crippen LogP contribution in [0.5, 0.6) is 0 Å². The highest BCUT2D eigenvalue weighted by Crippen LogP contribution is 2.22. The van der Waals surface area contributed by atoms with Crippen molar-refractivity contribution in [2.75, 3.05) is 5.73 Å². The molecule has 0 atom stereocenters. The number of nitrogens with two attached hydrogens (primary N) is 1. The maximum Gasteiger partial charge on any atom is 0.201 e. The van der Waals surface area contributed by atoms with Crippen LogP contribution < -0.4 is 5.73 Å². The Morgan fingerprint density at radius 2 is 2.05 bits per heavy atom. The molecule has 2 N–H and O–H groups in total. The van der Waals surface area contributed by atoms with E-state index in [2.05, 4.69) is 29.1 Å². The molecule has 5 heteroatoms. The minimum atomic E-state index is 0.549. The first kappa shape index (κ1) is 11.8. The molecule has 0 aliphatic rings. The quantitative estimate of drug-likeness (QED) is 0.762. The largest absolute Gasteiger partial charge is 0.369 e. The van der Waals surface area contributed by atoms with Gasteiger partial charge in [0.15, 0.2) is 0 Å². The van der Waals surface area contributed by atoms with E-state index in [4.69, 9.17) is 5.73 Å². The second kappa shape index (κ2) is 4.12. The summed E-state index contributed by atoms with van der Waals surface area (Å²) in [6, 6.07) is 6.14. The molecule has 3 rings (SSSR count). The maximum absolute atomic E-state index is 6.05. The lowest BCUT2D eigenvalue weighted by Crippen LogP contribution is -2.04. The standard InChI is InChI=1S/C14H17N5/c1-9-5-4-6-12-13(9)16-14(15)19(12)8-11-7-18(3)17-10(11)2/h4-7H,8H2,1-3H3,(H2,15,16). The molecule has 0 aliphatic heterocycles. The van der Waals surface area contributed by atoms with Crippen LogP contribution in [0.2, 0.25) is 0 Å². The minimum absolute atomic E-state index is 0.549. The predicted molar refractivity (Wildman–Crippen MR) is 75.9 cm³/mol. The lowest BCUT2D eigenvalue weighted by atomic mass is 10.2. The van der Waals surface area contributed by atoms with Crippen molar-refractivity contribution in [3.8, 4) is 0 Å². The van der Waals surface area contributed by atoms with E-state index < -0.39 is 0 Å². The zero-order valence-electron chi connectivity index (χ0n) is 11.4. The van der Waals surface area contributed by atoms with Gasteiger partial charge >= 0.3 is 0 Å². The number of rotatable bonds is 2. The Labute approximate surface area is 111 Å². The van der Waals surface area contributed by atoms with Crippen LogP contribution in [0.15, 0.2) is 24.4 Å². The number of aromatic nitrogens is 4. The number of benzene rings is 1. The van der Waals surface area contributed by atoms with Gasteiger partial charge in [0.1, 0.15) is 0 Å². The summed E-state index contributed by atoms with van der Waals surface area (Å²) in [6.45, 7) is 4.76. The second-order valence-electron chi connectivity index (χ2n) is 4.91. The highest BCUT2D eigenvalue weighted by Gasteiger charge is 2.12. The number of imidazole rings is 1. The Hall–Kier alpha value is -2.30. The number of nitrogens with zero attached hydrogens (tertiary/aromatic N) is 4. The first-order valence-electron chi connectivity index (χ1n) is 6.26. The third kappa shape index (κ3) is 1.87. The smallest absolute Gasteiger partial charge is 0.201 e. The summed E-state index contributed by atoms with van der Waals surface area (Å²) >= 11 is 0. The Kier molecular flexibility index (Phi) is 2.55. The van der Waals surface area contributed by atoms with Gasteiger partial charge in [-0.05, 0) is 25.5 Å². The van der Waals surface area contributed by atoms with E-state index in [-0.39, 0.29) is 0 Å². The molecule has 2 heterocycles. The molecule has 0 unspecified atom stereocenters. The maximum atomic E-state index is 6.05. The summed E-state index contributed by atoms with van der Waals surface area (Å²) in [4.78, 5) is 4.46. The number of fused-ring (bicyclic) bond motifs is 1. The van der Waals surface area contributed by atoms with Crippen molar-refractivity contribution >= 4 is 17.0 Å². The second-order valence-corrected chi connectivity index (χ2v) is 4.91. The lowest BCUT2D eigenvalue weighted by Gasteiger charge is -2.05. The van der Waals surface area contributed by atoms with Crippen molar-refractivity contribution < 1.29 is 0 Å². The molecule has 0 saturated heterocycles. The van der Waals surface area contributed by atoms with Gasteiger partial charge in [-0.2, -0.15) is 5.10 Å². The topological polar surface area (TPSA) is 61.7 Å². The van der Waals surface area contributed by atoms with Crippen molar-refractivity contribution in [2.45, 2.75) is 20.4 Å². The van der Waals surface area contributed by atoms with E-state index >= 15 is 0 Å². The number of hydrogen-bond acceptors (Lipinski definition) is 3. The van der Waals surface area contributed by atoms with Crippen LogP contribution in [-0.2, 0) is 13.6 Å². The van der Waals surface area contributed by atoms with Crippen LogP contribution in [-0.4, -0.2) is 19.3 Å². The van der Waals surface area contributed by atoms with Gasteiger partial charge in [0.25, 0.3) is 0 Å². The Morgan fingerprint density at radius 3 is 2.74 bits per heavy atom. The molecule has 0 amide bonds. The van der Waals surface area contributed by atoms with Crippen molar-refractivity contribution in [3.63, 3.8) is 0 Å². The van der Waals surface area contributed by atoms with Crippen LogP contribution in [0.25, 0.3) is 11.0 Å². The van der Waals surface area contributed by atoms with Gasteiger partial charge in [0, 0.05) is 18.8 Å². The molecule has 0 spiro atoms. The third-order valence-electron chi connectivity index (χ3n) is 3.45. The van der Waals surface area contributed by atoms with Crippen LogP contribution in [0.4, 0.5) is 5.95 Å². The molecule has 0 fully saturated rings. The molecule has 0 radical (unpaired) electrons. The summed E-state index contributed by atoms with van der Waals surface area (Å²) < 4.78 is 3.86. The molecule has 2 aromatic heterocycles. The summed E-state index contributed by atoms with van der Waals surface area (Å²) in [5.41, 5.74) is 11.4. The third-order valence-corrected chi connectivity index (χ3v) is 3.45. The summed E-state index contributed by atoms with van der Waals surface area (Å²) in [7, 11) is 1.93. The molecule has 0 bridgehead atoms.